The zero-order chi connectivity index (χ0) is 12.4. The smallest absolute Gasteiger partial charge is 0.0897 e. The number of ether oxygens (including phenoxy) is 1. The highest BCUT2D eigenvalue weighted by atomic mass is 32.1. The number of hydrogen-bond acceptors (Lipinski definition) is 5. The summed E-state index contributed by atoms with van der Waals surface area (Å²) >= 11 is 1.74. The molecule has 0 bridgehead atoms. The van der Waals surface area contributed by atoms with E-state index >= 15 is 0 Å². The lowest BCUT2D eigenvalue weighted by molar-refractivity contribution is -0.0115. The monoisotopic (exact) mass is 267 g/mol. The molecular weight excluding hydrogens is 246 g/mol. The normalized spacial score (nSPS) is 25.5. The summed E-state index contributed by atoms with van der Waals surface area (Å²) in [6.45, 7) is 6.80. The Hall–Kier alpha value is -0.490. The highest BCUT2D eigenvalue weighted by Gasteiger charge is 2.27. The Balaban J connectivity index is 1.56. The average Bonchev–Trinajstić information content (AvgIpc) is 3.12. The van der Waals surface area contributed by atoms with E-state index in [4.69, 9.17) is 4.74 Å². The van der Waals surface area contributed by atoms with Gasteiger partial charge in [-0.05, 0) is 19.8 Å². The van der Waals surface area contributed by atoms with Crippen molar-refractivity contribution in [2.24, 2.45) is 0 Å². The summed E-state index contributed by atoms with van der Waals surface area (Å²) in [7, 11) is 0. The molecule has 2 aliphatic rings. The van der Waals surface area contributed by atoms with Crippen molar-refractivity contribution in [1.29, 1.82) is 0 Å². The zero-order valence-electron chi connectivity index (χ0n) is 10.9. The molecule has 100 valence electrons. The van der Waals surface area contributed by atoms with Gasteiger partial charge in [-0.3, -0.25) is 4.90 Å². The largest absolute Gasteiger partial charge is 0.378 e. The molecule has 2 heterocycles. The Kier molecular flexibility index (Phi) is 3.94. The standard InChI is InChI=1S/C13H21N3OS/c1-10-15-12(9-18-10)7-16-4-5-17-8-13(16)6-14-11-2-3-11/h9,11,13-14H,2-8H2,1H3. The molecule has 1 N–H and O–H groups in total. The van der Waals surface area contributed by atoms with Crippen LogP contribution in [0.3, 0.4) is 0 Å². The summed E-state index contributed by atoms with van der Waals surface area (Å²) in [4.78, 5) is 7.07. The van der Waals surface area contributed by atoms with Crippen LogP contribution < -0.4 is 5.32 Å². The van der Waals surface area contributed by atoms with Crippen LogP contribution in [0.4, 0.5) is 0 Å². The number of hydrogen-bond donors (Lipinski definition) is 1. The van der Waals surface area contributed by atoms with Crippen LogP contribution in [0.25, 0.3) is 0 Å². The van der Waals surface area contributed by atoms with Gasteiger partial charge in [-0.1, -0.05) is 0 Å². The van der Waals surface area contributed by atoms with Crippen molar-refractivity contribution < 1.29 is 4.74 Å². The molecule has 0 spiro atoms. The second kappa shape index (κ2) is 5.65. The third-order valence-corrected chi connectivity index (χ3v) is 4.42. The molecule has 18 heavy (non-hydrogen) atoms. The van der Waals surface area contributed by atoms with Gasteiger partial charge >= 0.3 is 0 Å². The van der Waals surface area contributed by atoms with Gasteiger partial charge in [0.05, 0.1) is 23.9 Å². The maximum atomic E-state index is 5.61. The van der Waals surface area contributed by atoms with Crippen LogP contribution in [0.2, 0.25) is 0 Å². The maximum Gasteiger partial charge on any atom is 0.0897 e. The van der Waals surface area contributed by atoms with Crippen LogP contribution in [0, 0.1) is 6.92 Å². The third-order valence-electron chi connectivity index (χ3n) is 3.60. The minimum atomic E-state index is 0.501. The number of nitrogens with one attached hydrogen (secondary N) is 1. The molecule has 1 atom stereocenters. The van der Waals surface area contributed by atoms with Crippen molar-refractivity contribution in [3.8, 4) is 0 Å². The molecule has 1 unspecified atom stereocenters. The minimum Gasteiger partial charge on any atom is -0.378 e. The predicted molar refractivity (Wildman–Crippen MR) is 72.9 cm³/mol. The number of morpholine rings is 1. The Bertz CT molecular complexity index is 391. The summed E-state index contributed by atoms with van der Waals surface area (Å²) in [5, 5.41) is 6.94. The number of aryl methyl sites for hydroxylation is 1. The molecule has 0 amide bonds. The highest BCUT2D eigenvalue weighted by Crippen LogP contribution is 2.20. The SMILES string of the molecule is Cc1nc(CN2CCOCC2CNC2CC2)cs1. The molecule has 0 radical (unpaired) electrons. The first kappa shape index (κ1) is 12.5. The van der Waals surface area contributed by atoms with E-state index in [2.05, 4.69) is 27.5 Å². The van der Waals surface area contributed by atoms with E-state index in [0.717, 1.165) is 43.9 Å². The second-order valence-electron chi connectivity index (χ2n) is 5.24. The van der Waals surface area contributed by atoms with E-state index in [-0.39, 0.29) is 0 Å². The average molecular weight is 267 g/mol. The second-order valence-corrected chi connectivity index (χ2v) is 6.30. The van der Waals surface area contributed by atoms with Crippen LogP contribution in [-0.2, 0) is 11.3 Å². The van der Waals surface area contributed by atoms with Gasteiger partial charge in [0.1, 0.15) is 0 Å². The van der Waals surface area contributed by atoms with Gasteiger partial charge in [-0.15, -0.1) is 11.3 Å². The molecule has 3 rings (SSSR count). The summed E-state index contributed by atoms with van der Waals surface area (Å²) in [5.74, 6) is 0. The lowest BCUT2D eigenvalue weighted by Crippen LogP contribution is -2.50. The quantitative estimate of drug-likeness (QED) is 0.875. The fourth-order valence-corrected chi connectivity index (χ4v) is 2.97. The molecule has 4 nitrogen and oxygen atoms in total. The lowest BCUT2D eigenvalue weighted by Gasteiger charge is -2.35. The van der Waals surface area contributed by atoms with E-state index in [1.165, 1.54) is 18.5 Å². The molecule has 1 saturated carbocycles. The fourth-order valence-electron chi connectivity index (χ4n) is 2.36. The number of rotatable bonds is 5. The first-order chi connectivity index (χ1) is 8.81. The fraction of sp³-hybridized carbons (Fsp3) is 0.769. The van der Waals surface area contributed by atoms with Crippen LogP contribution in [0.5, 0.6) is 0 Å². The first-order valence-corrected chi connectivity index (χ1v) is 7.65. The number of aromatic nitrogens is 1. The molecule has 1 aromatic rings. The molecule has 0 aromatic carbocycles. The summed E-state index contributed by atoms with van der Waals surface area (Å²) < 4.78 is 5.61. The van der Waals surface area contributed by atoms with Crippen molar-refractivity contribution >= 4 is 11.3 Å². The van der Waals surface area contributed by atoms with Gasteiger partial charge in [0, 0.05) is 37.1 Å². The van der Waals surface area contributed by atoms with Crippen molar-refractivity contribution in [3.05, 3.63) is 16.1 Å². The Morgan fingerprint density at radius 3 is 3.17 bits per heavy atom. The van der Waals surface area contributed by atoms with Crippen LogP contribution >= 0.6 is 11.3 Å². The van der Waals surface area contributed by atoms with E-state index in [1.54, 1.807) is 11.3 Å². The van der Waals surface area contributed by atoms with Crippen molar-refractivity contribution in [2.45, 2.75) is 38.4 Å². The van der Waals surface area contributed by atoms with E-state index in [1.807, 2.05) is 0 Å². The lowest BCUT2D eigenvalue weighted by atomic mass is 10.2. The number of thiazole rings is 1. The minimum absolute atomic E-state index is 0.501. The molecular formula is C13H21N3OS. The van der Waals surface area contributed by atoms with Crippen molar-refractivity contribution in [2.75, 3.05) is 26.3 Å². The highest BCUT2D eigenvalue weighted by molar-refractivity contribution is 7.09. The van der Waals surface area contributed by atoms with Gasteiger partial charge in [0.2, 0.25) is 0 Å². The first-order valence-electron chi connectivity index (χ1n) is 6.77. The van der Waals surface area contributed by atoms with Crippen LogP contribution in [0.1, 0.15) is 23.5 Å². The molecule has 5 heteroatoms. The van der Waals surface area contributed by atoms with Gasteiger partial charge in [0.25, 0.3) is 0 Å². The van der Waals surface area contributed by atoms with Crippen molar-refractivity contribution in [1.82, 2.24) is 15.2 Å². The summed E-state index contributed by atoms with van der Waals surface area (Å²) in [6.07, 6.45) is 2.69. The Morgan fingerprint density at radius 2 is 2.44 bits per heavy atom. The maximum absolute atomic E-state index is 5.61. The van der Waals surface area contributed by atoms with Gasteiger partial charge in [0.15, 0.2) is 0 Å². The molecule has 1 aliphatic heterocycles. The number of nitrogens with zero attached hydrogens (tertiary/aromatic N) is 2. The van der Waals surface area contributed by atoms with Gasteiger partial charge in [-0.2, -0.15) is 0 Å². The summed E-state index contributed by atoms with van der Waals surface area (Å²) in [6, 6.07) is 1.27. The molecule has 1 saturated heterocycles. The van der Waals surface area contributed by atoms with Crippen molar-refractivity contribution in [3.63, 3.8) is 0 Å². The van der Waals surface area contributed by atoms with Gasteiger partial charge in [-0.25, -0.2) is 4.98 Å². The Morgan fingerprint density at radius 1 is 1.56 bits per heavy atom. The predicted octanol–water partition coefficient (Wildman–Crippen LogP) is 1.40. The molecule has 1 aliphatic carbocycles. The van der Waals surface area contributed by atoms with Crippen LogP contribution in [-0.4, -0.2) is 48.3 Å². The zero-order valence-corrected chi connectivity index (χ0v) is 11.7. The van der Waals surface area contributed by atoms with Gasteiger partial charge < -0.3 is 10.1 Å². The van der Waals surface area contributed by atoms with Crippen LogP contribution in [0.15, 0.2) is 5.38 Å². The topological polar surface area (TPSA) is 37.4 Å². The van der Waals surface area contributed by atoms with E-state index in [9.17, 15) is 0 Å². The third kappa shape index (κ3) is 3.29. The van der Waals surface area contributed by atoms with E-state index in [0.29, 0.717) is 6.04 Å². The molecule has 2 fully saturated rings. The van der Waals surface area contributed by atoms with E-state index < -0.39 is 0 Å². The summed E-state index contributed by atoms with van der Waals surface area (Å²) in [5.41, 5.74) is 1.20. The Labute approximate surface area is 112 Å². The molecule has 1 aromatic heterocycles.